The van der Waals surface area contributed by atoms with Crippen LogP contribution in [0.3, 0.4) is 0 Å². The van der Waals surface area contributed by atoms with Crippen molar-refractivity contribution in [1.82, 2.24) is 0 Å². The van der Waals surface area contributed by atoms with E-state index in [0.29, 0.717) is 0 Å². The number of rotatable bonds is 2. The van der Waals surface area contributed by atoms with E-state index >= 15 is 0 Å². The highest BCUT2D eigenvalue weighted by molar-refractivity contribution is 5.72. The minimum absolute atomic E-state index is 0.753. The molecule has 0 radical (unpaired) electrons. The molecule has 44 valence electrons. The minimum Gasteiger partial charge on any atom is -0.298 e. The zero-order valence-corrected chi connectivity index (χ0v) is 5.22. The summed E-state index contributed by atoms with van der Waals surface area (Å²) >= 11 is 0. The SMILES string of the molecule is C/C=C/C=C(\C)C=O. The largest absolute Gasteiger partial charge is 0.298 e. The summed E-state index contributed by atoms with van der Waals surface area (Å²) in [6, 6.07) is 0. The third-order valence-electron chi connectivity index (χ3n) is 0.737. The van der Waals surface area contributed by atoms with Crippen LogP contribution >= 0.6 is 0 Å². The van der Waals surface area contributed by atoms with Crippen LogP contribution in [0.15, 0.2) is 23.8 Å². The molecular weight excluding hydrogens is 100 g/mol. The predicted molar refractivity (Wildman–Crippen MR) is 34.6 cm³/mol. The molecule has 0 aromatic carbocycles. The lowest BCUT2D eigenvalue weighted by atomic mass is 10.3. The van der Waals surface area contributed by atoms with E-state index in [-0.39, 0.29) is 0 Å². The molecule has 0 N–H and O–H groups in total. The Morgan fingerprint density at radius 2 is 2.12 bits per heavy atom. The highest BCUT2D eigenvalue weighted by atomic mass is 16.1. The highest BCUT2D eigenvalue weighted by Gasteiger charge is 1.75. The van der Waals surface area contributed by atoms with Crippen LogP contribution < -0.4 is 0 Å². The van der Waals surface area contributed by atoms with Crippen molar-refractivity contribution in [1.29, 1.82) is 0 Å². The molecule has 0 saturated heterocycles. The Balaban J connectivity index is 3.74. The second-order valence-electron chi connectivity index (χ2n) is 1.55. The summed E-state index contributed by atoms with van der Waals surface area (Å²) in [7, 11) is 0. The Bertz CT molecular complexity index is 120. The van der Waals surface area contributed by atoms with Crippen LogP contribution in [-0.2, 0) is 4.79 Å². The summed E-state index contributed by atoms with van der Waals surface area (Å²) in [6.45, 7) is 3.68. The monoisotopic (exact) mass is 110 g/mol. The van der Waals surface area contributed by atoms with Crippen LogP contribution in [0.25, 0.3) is 0 Å². The number of carbonyl (C=O) groups excluding carboxylic acids is 1. The molecule has 0 rings (SSSR count). The smallest absolute Gasteiger partial charge is 0.145 e. The summed E-state index contributed by atoms with van der Waals surface area (Å²) < 4.78 is 0. The van der Waals surface area contributed by atoms with Crippen LogP contribution in [0.2, 0.25) is 0 Å². The van der Waals surface area contributed by atoms with E-state index in [2.05, 4.69) is 0 Å². The lowest BCUT2D eigenvalue weighted by Crippen LogP contribution is -1.71. The van der Waals surface area contributed by atoms with Gasteiger partial charge in [-0.2, -0.15) is 0 Å². The standard InChI is InChI=1S/C7H10O/c1-3-4-5-7(2)6-8/h3-6H,1-2H3/b4-3+,7-5+. The second-order valence-corrected chi connectivity index (χ2v) is 1.55. The maximum Gasteiger partial charge on any atom is 0.145 e. The first kappa shape index (κ1) is 7.15. The number of aldehydes is 1. The van der Waals surface area contributed by atoms with Gasteiger partial charge in [0.05, 0.1) is 0 Å². The van der Waals surface area contributed by atoms with Crippen molar-refractivity contribution in [3.05, 3.63) is 23.8 Å². The molecule has 1 heteroatoms. The van der Waals surface area contributed by atoms with Crippen molar-refractivity contribution in [3.63, 3.8) is 0 Å². The first-order valence-corrected chi connectivity index (χ1v) is 2.56. The molecule has 1 nitrogen and oxygen atoms in total. The summed E-state index contributed by atoms with van der Waals surface area (Å²) in [5, 5.41) is 0. The quantitative estimate of drug-likeness (QED) is 0.300. The average molecular weight is 110 g/mol. The van der Waals surface area contributed by atoms with Crippen LogP contribution in [0.5, 0.6) is 0 Å². The van der Waals surface area contributed by atoms with E-state index in [1.54, 1.807) is 13.0 Å². The summed E-state index contributed by atoms with van der Waals surface area (Å²) in [5.41, 5.74) is 0.753. The third-order valence-corrected chi connectivity index (χ3v) is 0.737. The van der Waals surface area contributed by atoms with E-state index in [1.807, 2.05) is 19.1 Å². The van der Waals surface area contributed by atoms with Crippen LogP contribution in [-0.4, -0.2) is 6.29 Å². The fourth-order valence-corrected chi connectivity index (χ4v) is 0.287. The Kier molecular flexibility index (Phi) is 3.85. The molecule has 0 unspecified atom stereocenters. The molecule has 0 bridgehead atoms. The normalized spacial score (nSPS) is 12.5. The third kappa shape index (κ3) is 3.34. The first-order chi connectivity index (χ1) is 3.81. The van der Waals surface area contributed by atoms with Gasteiger partial charge in [0.15, 0.2) is 0 Å². The maximum absolute atomic E-state index is 9.91. The van der Waals surface area contributed by atoms with Crippen molar-refractivity contribution in [2.75, 3.05) is 0 Å². The number of carbonyl (C=O) groups is 1. The van der Waals surface area contributed by atoms with Crippen molar-refractivity contribution < 1.29 is 4.79 Å². The van der Waals surface area contributed by atoms with E-state index in [1.165, 1.54) is 0 Å². The van der Waals surface area contributed by atoms with E-state index in [4.69, 9.17) is 0 Å². The second kappa shape index (κ2) is 4.31. The summed E-state index contributed by atoms with van der Waals surface area (Å²) in [6.07, 6.45) is 6.32. The Hall–Kier alpha value is -0.850. The Morgan fingerprint density at radius 1 is 1.50 bits per heavy atom. The van der Waals surface area contributed by atoms with Gasteiger partial charge < -0.3 is 0 Å². The zero-order chi connectivity index (χ0) is 6.41. The predicted octanol–water partition coefficient (Wildman–Crippen LogP) is 1.71. The van der Waals surface area contributed by atoms with Crippen molar-refractivity contribution in [2.24, 2.45) is 0 Å². The molecule has 0 fully saturated rings. The van der Waals surface area contributed by atoms with Crippen molar-refractivity contribution in [2.45, 2.75) is 13.8 Å². The first-order valence-electron chi connectivity index (χ1n) is 2.56. The molecule has 0 heterocycles. The number of hydrogen-bond acceptors (Lipinski definition) is 1. The lowest BCUT2D eigenvalue weighted by molar-refractivity contribution is -0.104. The minimum atomic E-state index is 0.753. The molecule has 0 saturated carbocycles. The van der Waals surface area contributed by atoms with Gasteiger partial charge >= 0.3 is 0 Å². The molecule has 0 atom stereocenters. The van der Waals surface area contributed by atoms with Gasteiger partial charge in [-0.05, 0) is 19.4 Å². The Morgan fingerprint density at radius 3 is 2.50 bits per heavy atom. The fourth-order valence-electron chi connectivity index (χ4n) is 0.287. The molecule has 0 aliphatic heterocycles. The van der Waals surface area contributed by atoms with Gasteiger partial charge in [-0.3, -0.25) is 4.79 Å². The highest BCUT2D eigenvalue weighted by Crippen LogP contribution is 1.85. The molecule has 0 aromatic rings. The van der Waals surface area contributed by atoms with Gasteiger partial charge in [-0.1, -0.05) is 18.2 Å². The molecular formula is C7H10O. The van der Waals surface area contributed by atoms with Gasteiger partial charge in [0.2, 0.25) is 0 Å². The molecule has 0 spiro atoms. The topological polar surface area (TPSA) is 17.1 Å². The van der Waals surface area contributed by atoms with Gasteiger partial charge in [0.1, 0.15) is 6.29 Å². The molecule has 0 aliphatic carbocycles. The van der Waals surface area contributed by atoms with Gasteiger partial charge in [0.25, 0.3) is 0 Å². The Labute approximate surface area is 49.7 Å². The van der Waals surface area contributed by atoms with Crippen molar-refractivity contribution >= 4 is 6.29 Å². The summed E-state index contributed by atoms with van der Waals surface area (Å²) in [4.78, 5) is 9.91. The fraction of sp³-hybridized carbons (Fsp3) is 0.286. The van der Waals surface area contributed by atoms with Crippen LogP contribution in [0.4, 0.5) is 0 Å². The van der Waals surface area contributed by atoms with Gasteiger partial charge in [0, 0.05) is 0 Å². The van der Waals surface area contributed by atoms with Crippen molar-refractivity contribution in [3.8, 4) is 0 Å². The molecule has 0 aromatic heterocycles. The van der Waals surface area contributed by atoms with Gasteiger partial charge in [-0.15, -0.1) is 0 Å². The van der Waals surface area contributed by atoms with Crippen LogP contribution in [0, 0.1) is 0 Å². The molecule has 8 heavy (non-hydrogen) atoms. The summed E-state index contributed by atoms with van der Waals surface area (Å²) in [5.74, 6) is 0. The lowest BCUT2D eigenvalue weighted by Gasteiger charge is -1.77. The van der Waals surface area contributed by atoms with E-state index in [9.17, 15) is 4.79 Å². The van der Waals surface area contributed by atoms with Gasteiger partial charge in [-0.25, -0.2) is 0 Å². The van der Waals surface area contributed by atoms with Crippen LogP contribution in [0.1, 0.15) is 13.8 Å². The maximum atomic E-state index is 9.91. The number of allylic oxidation sites excluding steroid dienone is 4. The number of hydrogen-bond donors (Lipinski definition) is 0. The van der Waals surface area contributed by atoms with E-state index < -0.39 is 0 Å². The molecule has 0 aliphatic rings. The van der Waals surface area contributed by atoms with E-state index in [0.717, 1.165) is 11.9 Å². The zero-order valence-electron chi connectivity index (χ0n) is 5.22. The average Bonchev–Trinajstić information content (AvgIpc) is 1.83. The molecule has 0 amide bonds.